The van der Waals surface area contributed by atoms with E-state index in [1.807, 2.05) is 12.1 Å². The molecular formula is C21H18O7. The fourth-order valence-electron chi connectivity index (χ4n) is 2.99. The summed E-state index contributed by atoms with van der Waals surface area (Å²) in [6, 6.07) is 10.2. The predicted molar refractivity (Wildman–Crippen MR) is 101 cm³/mol. The van der Waals surface area contributed by atoms with Gasteiger partial charge >= 0.3 is 17.9 Å². The van der Waals surface area contributed by atoms with Gasteiger partial charge in [-0.15, -0.1) is 0 Å². The van der Waals surface area contributed by atoms with Crippen LogP contribution < -0.4 is 0 Å². The number of rotatable bonds is 9. The molecule has 0 aromatic heterocycles. The molecular weight excluding hydrogens is 364 g/mol. The number of ether oxygens (including phenoxy) is 1. The number of unbranched alkanes of at least 4 members (excludes halogenated alkanes) is 1. The third-order valence-electron chi connectivity index (χ3n) is 4.28. The lowest BCUT2D eigenvalue weighted by molar-refractivity contribution is -0.241. The fraction of sp³-hybridized carbons (Fsp3) is 0.190. The van der Waals surface area contributed by atoms with Crippen LogP contribution in [0.4, 0.5) is 0 Å². The van der Waals surface area contributed by atoms with E-state index in [1.165, 1.54) is 6.07 Å². The number of fused-ring (bicyclic) bond motifs is 2. The van der Waals surface area contributed by atoms with Gasteiger partial charge in [0.15, 0.2) is 0 Å². The second kappa shape index (κ2) is 8.49. The Labute approximate surface area is 160 Å². The van der Waals surface area contributed by atoms with Crippen LogP contribution in [0.5, 0.6) is 0 Å². The van der Waals surface area contributed by atoms with Gasteiger partial charge in [0.2, 0.25) is 0 Å². The molecule has 0 radical (unpaired) electrons. The van der Waals surface area contributed by atoms with Gasteiger partial charge in [0.1, 0.15) is 0 Å². The molecule has 0 saturated heterocycles. The van der Waals surface area contributed by atoms with Crippen molar-refractivity contribution in [3.8, 4) is 0 Å². The van der Waals surface area contributed by atoms with Crippen LogP contribution in [0.25, 0.3) is 21.5 Å². The van der Waals surface area contributed by atoms with Gasteiger partial charge in [-0.2, -0.15) is 4.89 Å². The van der Waals surface area contributed by atoms with Gasteiger partial charge < -0.3 is 9.84 Å². The molecule has 0 heterocycles. The van der Waals surface area contributed by atoms with Crippen LogP contribution in [0.2, 0.25) is 0 Å². The van der Waals surface area contributed by atoms with Crippen LogP contribution in [0.1, 0.15) is 33.6 Å². The van der Waals surface area contributed by atoms with Crippen LogP contribution in [0.3, 0.4) is 0 Å². The van der Waals surface area contributed by atoms with Crippen LogP contribution in [0.15, 0.2) is 49.1 Å². The molecule has 0 fully saturated rings. The molecule has 4 aromatic rings. The minimum atomic E-state index is -1.06. The lowest BCUT2D eigenvalue weighted by Crippen LogP contribution is -2.10. The number of esters is 1. The molecule has 28 heavy (non-hydrogen) atoms. The number of benzene rings is 4. The maximum absolute atomic E-state index is 12.4. The summed E-state index contributed by atoms with van der Waals surface area (Å²) < 4.78 is 4.82. The first-order valence-electron chi connectivity index (χ1n) is 8.67. The van der Waals surface area contributed by atoms with Gasteiger partial charge in [0.25, 0.3) is 0 Å². The summed E-state index contributed by atoms with van der Waals surface area (Å²) in [6.07, 6.45) is 2.16. The number of hydrogen-bond donors (Lipinski definition) is 1. The smallest absolute Gasteiger partial charge is 0.373 e. The summed E-state index contributed by atoms with van der Waals surface area (Å²) >= 11 is 0. The second-order valence-electron chi connectivity index (χ2n) is 6.07. The van der Waals surface area contributed by atoms with Crippen molar-refractivity contribution in [1.29, 1.82) is 0 Å². The van der Waals surface area contributed by atoms with E-state index in [2.05, 4.69) is 6.58 Å². The Bertz CT molecular complexity index is 1040. The highest BCUT2D eigenvalue weighted by Gasteiger charge is 2.20. The topological polar surface area (TPSA) is 99.1 Å². The minimum Gasteiger partial charge on any atom is -0.478 e. The van der Waals surface area contributed by atoms with E-state index in [-0.39, 0.29) is 24.3 Å². The zero-order valence-electron chi connectivity index (χ0n) is 15.0. The first-order chi connectivity index (χ1) is 13.5. The summed E-state index contributed by atoms with van der Waals surface area (Å²) in [5.41, 5.74) is 0.376. The third-order valence-corrected chi connectivity index (χ3v) is 4.28. The molecule has 4 rings (SSSR count). The van der Waals surface area contributed by atoms with Gasteiger partial charge in [0, 0.05) is 11.5 Å². The average molecular weight is 382 g/mol. The molecule has 1 N–H and O–H groups in total. The van der Waals surface area contributed by atoms with Crippen LogP contribution in [-0.4, -0.2) is 36.2 Å². The highest BCUT2D eigenvalue weighted by Crippen LogP contribution is 2.34. The van der Waals surface area contributed by atoms with Gasteiger partial charge in [0.05, 0.1) is 24.3 Å². The zero-order chi connectivity index (χ0) is 20.1. The Morgan fingerprint density at radius 2 is 1.79 bits per heavy atom. The number of carboxylic acids is 1. The van der Waals surface area contributed by atoms with Gasteiger partial charge in [-0.05, 0) is 41.1 Å². The standard InChI is InChI=1S/C21H18O7/c1-2-18(22)26-10-3-4-11-27-28-21(25)17-12-13-8-9-15(17)19-14(13)6-5-7-16(19)20(23)24/h2,5-9,12H,1,3-4,10-11H2,(H,23,24). The fourth-order valence-corrected chi connectivity index (χ4v) is 2.99. The van der Waals surface area contributed by atoms with Crippen molar-refractivity contribution >= 4 is 39.5 Å². The highest BCUT2D eigenvalue weighted by molar-refractivity contribution is 6.22. The Hall–Kier alpha value is -3.45. The van der Waals surface area contributed by atoms with Crippen molar-refractivity contribution in [3.05, 3.63) is 60.2 Å². The molecule has 2 bridgehead atoms. The van der Waals surface area contributed by atoms with Crippen LogP contribution in [-0.2, 0) is 19.3 Å². The number of aromatic carboxylic acids is 1. The number of hydrogen-bond acceptors (Lipinski definition) is 6. The maximum Gasteiger partial charge on any atom is 0.373 e. The molecule has 0 atom stereocenters. The van der Waals surface area contributed by atoms with Gasteiger partial charge in [-0.3, -0.25) is 4.89 Å². The van der Waals surface area contributed by atoms with E-state index in [9.17, 15) is 19.5 Å². The van der Waals surface area contributed by atoms with E-state index in [0.29, 0.717) is 23.6 Å². The number of carbonyl (C=O) groups is 3. The highest BCUT2D eigenvalue weighted by atomic mass is 17.2. The molecule has 0 spiro atoms. The zero-order valence-corrected chi connectivity index (χ0v) is 15.0. The number of carboxylic acid groups (broad SMARTS) is 1. The molecule has 0 aliphatic heterocycles. The van der Waals surface area contributed by atoms with Crippen molar-refractivity contribution in [3.63, 3.8) is 0 Å². The predicted octanol–water partition coefficient (Wildman–Crippen LogP) is 3.73. The van der Waals surface area contributed by atoms with E-state index >= 15 is 0 Å². The molecule has 4 aromatic carbocycles. The molecule has 0 saturated carbocycles. The number of carbonyl (C=O) groups excluding carboxylic acids is 2. The molecule has 144 valence electrons. The van der Waals surface area contributed by atoms with Gasteiger partial charge in [-0.25, -0.2) is 14.4 Å². The van der Waals surface area contributed by atoms with Crippen molar-refractivity contribution in [2.24, 2.45) is 0 Å². The summed E-state index contributed by atoms with van der Waals surface area (Å²) in [4.78, 5) is 44.6. The molecule has 7 heteroatoms. The molecule has 7 nitrogen and oxygen atoms in total. The molecule has 0 unspecified atom stereocenters. The van der Waals surface area contributed by atoms with Crippen LogP contribution >= 0.6 is 0 Å². The Morgan fingerprint density at radius 1 is 1.00 bits per heavy atom. The van der Waals surface area contributed by atoms with Crippen molar-refractivity contribution < 1.29 is 34.0 Å². The summed E-state index contributed by atoms with van der Waals surface area (Å²) in [6.45, 7) is 3.66. The second-order valence-corrected chi connectivity index (χ2v) is 6.07. The normalized spacial score (nSPS) is 10.9. The summed E-state index contributed by atoms with van der Waals surface area (Å²) in [5.74, 6) is -2.25. The van der Waals surface area contributed by atoms with E-state index < -0.39 is 17.9 Å². The van der Waals surface area contributed by atoms with Crippen LogP contribution in [0, 0.1) is 0 Å². The Kier molecular flexibility index (Phi) is 5.86. The quantitative estimate of drug-likeness (QED) is 0.198. The molecule has 0 amide bonds. The monoisotopic (exact) mass is 382 g/mol. The van der Waals surface area contributed by atoms with Crippen molar-refractivity contribution in [2.75, 3.05) is 13.2 Å². The lowest BCUT2D eigenvalue weighted by atomic mass is 9.92. The van der Waals surface area contributed by atoms with E-state index in [0.717, 1.165) is 16.8 Å². The first kappa shape index (κ1) is 19.3. The first-order valence-corrected chi connectivity index (χ1v) is 8.67. The minimum absolute atomic E-state index is 0.128. The molecule has 0 aliphatic carbocycles. The largest absolute Gasteiger partial charge is 0.478 e. The summed E-state index contributed by atoms with van der Waals surface area (Å²) in [5, 5.41) is 12.0. The average Bonchev–Trinajstić information content (AvgIpc) is 2.72. The van der Waals surface area contributed by atoms with Crippen molar-refractivity contribution in [1.82, 2.24) is 0 Å². The Morgan fingerprint density at radius 3 is 2.54 bits per heavy atom. The maximum atomic E-state index is 12.4. The molecule has 0 aliphatic rings. The van der Waals surface area contributed by atoms with Crippen molar-refractivity contribution in [2.45, 2.75) is 12.8 Å². The van der Waals surface area contributed by atoms with E-state index in [4.69, 9.17) is 14.5 Å². The van der Waals surface area contributed by atoms with E-state index in [1.54, 1.807) is 18.2 Å². The lowest BCUT2D eigenvalue weighted by Gasteiger charge is -2.13. The Balaban J connectivity index is 1.65. The SMILES string of the molecule is C=CC(=O)OCCCCOOC(=O)c1cc2ccc1c1c(C(=O)O)cccc21. The van der Waals surface area contributed by atoms with Gasteiger partial charge in [-0.1, -0.05) is 30.8 Å². The summed E-state index contributed by atoms with van der Waals surface area (Å²) in [7, 11) is 0. The third kappa shape index (κ3) is 3.94.